The summed E-state index contributed by atoms with van der Waals surface area (Å²) in [7, 11) is 0. The number of ether oxygens (including phenoxy) is 1. The number of hydrogen-bond donors (Lipinski definition) is 2. The van der Waals surface area contributed by atoms with Crippen LogP contribution in [0.25, 0.3) is 0 Å². The Labute approximate surface area is 101 Å². The number of rotatable bonds is 5. The van der Waals surface area contributed by atoms with Crippen molar-refractivity contribution in [2.24, 2.45) is 0 Å². The zero-order valence-corrected chi connectivity index (χ0v) is 11.0. The summed E-state index contributed by atoms with van der Waals surface area (Å²) in [5.41, 5.74) is -0.0898. The minimum Gasteiger partial charge on any atom is -0.479 e. The van der Waals surface area contributed by atoms with Crippen molar-refractivity contribution in [1.29, 1.82) is 0 Å². The summed E-state index contributed by atoms with van der Waals surface area (Å²) in [6, 6.07) is 0. The smallest absolute Gasteiger partial charge is 0.431 e. The number of carboxylic acids is 1. The van der Waals surface area contributed by atoms with Crippen molar-refractivity contribution in [1.82, 2.24) is 5.48 Å². The van der Waals surface area contributed by atoms with Gasteiger partial charge in [0.1, 0.15) is 5.60 Å². The van der Waals surface area contributed by atoms with Gasteiger partial charge in [0.05, 0.1) is 0 Å². The Hall–Kier alpha value is -1.30. The maximum atomic E-state index is 11.3. The van der Waals surface area contributed by atoms with Crippen molar-refractivity contribution in [2.45, 2.75) is 58.7 Å². The maximum Gasteiger partial charge on any atom is 0.431 e. The fraction of sp³-hybridized carbons (Fsp3) is 0.818. The highest BCUT2D eigenvalue weighted by Crippen LogP contribution is 2.17. The molecule has 0 aromatic carbocycles. The van der Waals surface area contributed by atoms with Gasteiger partial charge < -0.3 is 9.84 Å². The number of hydrogen-bond acceptors (Lipinski definition) is 4. The Kier molecular flexibility index (Phi) is 5.41. The first-order chi connectivity index (χ1) is 7.60. The largest absolute Gasteiger partial charge is 0.479 e. The van der Waals surface area contributed by atoms with Crippen molar-refractivity contribution >= 4 is 12.1 Å². The molecule has 0 aromatic heterocycles. The molecule has 0 saturated heterocycles. The van der Waals surface area contributed by atoms with E-state index in [1.54, 1.807) is 20.8 Å². The lowest BCUT2D eigenvalue weighted by atomic mass is 10.0. The van der Waals surface area contributed by atoms with Crippen LogP contribution in [0.3, 0.4) is 0 Å². The van der Waals surface area contributed by atoms with Crippen LogP contribution in [0.2, 0.25) is 0 Å². The first-order valence-corrected chi connectivity index (χ1v) is 5.51. The molecule has 0 heterocycles. The fourth-order valence-corrected chi connectivity index (χ4v) is 1.13. The molecule has 17 heavy (non-hydrogen) atoms. The van der Waals surface area contributed by atoms with Gasteiger partial charge >= 0.3 is 12.1 Å². The third-order valence-electron chi connectivity index (χ3n) is 1.94. The molecule has 6 heteroatoms. The molecule has 0 spiro atoms. The number of amides is 1. The molecule has 0 rings (SSSR count). The number of carboxylic acid groups (broad SMARTS) is 1. The van der Waals surface area contributed by atoms with Gasteiger partial charge in [-0.1, -0.05) is 13.3 Å². The van der Waals surface area contributed by atoms with Crippen LogP contribution in [0, 0.1) is 0 Å². The molecule has 0 radical (unpaired) electrons. The zero-order valence-electron chi connectivity index (χ0n) is 11.0. The van der Waals surface area contributed by atoms with Crippen LogP contribution in [0.5, 0.6) is 0 Å². The number of aliphatic carboxylic acids is 1. The lowest BCUT2D eigenvalue weighted by Crippen LogP contribution is -2.45. The first kappa shape index (κ1) is 15.7. The average Bonchev–Trinajstić information content (AvgIpc) is 2.12. The molecule has 0 aliphatic rings. The Morgan fingerprint density at radius 2 is 1.76 bits per heavy atom. The van der Waals surface area contributed by atoms with Crippen molar-refractivity contribution in [2.75, 3.05) is 0 Å². The second-order valence-corrected chi connectivity index (χ2v) is 4.99. The summed E-state index contributed by atoms with van der Waals surface area (Å²) in [4.78, 5) is 27.2. The Balaban J connectivity index is 4.33. The van der Waals surface area contributed by atoms with Gasteiger partial charge in [-0.25, -0.2) is 9.59 Å². The molecule has 0 bridgehead atoms. The summed E-state index contributed by atoms with van der Waals surface area (Å²) in [6.07, 6.45) is 0.109. The van der Waals surface area contributed by atoms with Gasteiger partial charge in [0.2, 0.25) is 0 Å². The molecular formula is C11H21NO5. The lowest BCUT2D eigenvalue weighted by molar-refractivity contribution is -0.173. The van der Waals surface area contributed by atoms with E-state index in [0.717, 1.165) is 0 Å². The molecular weight excluding hydrogens is 226 g/mol. The first-order valence-electron chi connectivity index (χ1n) is 5.51. The maximum absolute atomic E-state index is 11.3. The Morgan fingerprint density at radius 1 is 1.24 bits per heavy atom. The number of hydroxylamine groups is 1. The van der Waals surface area contributed by atoms with Crippen LogP contribution in [0.4, 0.5) is 4.79 Å². The number of nitrogens with one attached hydrogen (secondary N) is 1. The molecule has 0 aliphatic carbocycles. The van der Waals surface area contributed by atoms with Crippen LogP contribution in [0.15, 0.2) is 0 Å². The number of carbonyl (C=O) groups is 2. The van der Waals surface area contributed by atoms with Gasteiger partial charge in [0.25, 0.3) is 0 Å². The molecule has 6 nitrogen and oxygen atoms in total. The highest BCUT2D eigenvalue weighted by Gasteiger charge is 2.35. The highest BCUT2D eigenvalue weighted by molar-refractivity contribution is 5.77. The van der Waals surface area contributed by atoms with Crippen LogP contribution >= 0.6 is 0 Å². The van der Waals surface area contributed by atoms with Crippen LogP contribution in [-0.2, 0) is 14.4 Å². The van der Waals surface area contributed by atoms with Crippen molar-refractivity contribution in [3.63, 3.8) is 0 Å². The van der Waals surface area contributed by atoms with E-state index in [4.69, 9.17) is 14.7 Å². The van der Waals surface area contributed by atoms with Gasteiger partial charge in [-0.05, 0) is 34.1 Å². The summed E-state index contributed by atoms with van der Waals surface area (Å²) >= 11 is 0. The van der Waals surface area contributed by atoms with Crippen LogP contribution in [0.1, 0.15) is 47.5 Å². The van der Waals surface area contributed by atoms with Crippen LogP contribution < -0.4 is 5.48 Å². The SMILES string of the molecule is CCCC(C)(ONC(=O)OC(C)(C)C)C(=O)O. The van der Waals surface area contributed by atoms with E-state index >= 15 is 0 Å². The third kappa shape index (κ3) is 6.11. The average molecular weight is 247 g/mol. The summed E-state index contributed by atoms with van der Waals surface area (Å²) in [5.74, 6) is -1.13. The van der Waals surface area contributed by atoms with E-state index in [2.05, 4.69) is 0 Å². The van der Waals surface area contributed by atoms with E-state index in [1.165, 1.54) is 6.92 Å². The molecule has 1 unspecified atom stereocenters. The minimum absolute atomic E-state index is 0.290. The quantitative estimate of drug-likeness (QED) is 0.726. The van der Waals surface area contributed by atoms with E-state index < -0.39 is 23.3 Å². The van der Waals surface area contributed by atoms with Crippen molar-refractivity contribution < 1.29 is 24.3 Å². The third-order valence-corrected chi connectivity index (χ3v) is 1.94. The lowest BCUT2D eigenvalue weighted by Gasteiger charge is -2.25. The topological polar surface area (TPSA) is 84.9 Å². The molecule has 0 aliphatic heterocycles. The normalized spacial score (nSPS) is 14.9. The fourth-order valence-electron chi connectivity index (χ4n) is 1.13. The molecule has 1 atom stereocenters. The van der Waals surface area contributed by atoms with Crippen LogP contribution in [-0.4, -0.2) is 28.4 Å². The zero-order chi connectivity index (χ0) is 13.7. The van der Waals surface area contributed by atoms with Gasteiger partial charge in [-0.3, -0.25) is 4.84 Å². The summed E-state index contributed by atoms with van der Waals surface area (Å²) in [5, 5.41) is 8.99. The molecule has 0 saturated carbocycles. The number of carbonyl (C=O) groups excluding carboxylic acids is 1. The van der Waals surface area contributed by atoms with Crippen molar-refractivity contribution in [3.05, 3.63) is 0 Å². The van der Waals surface area contributed by atoms with E-state index in [1.807, 2.05) is 12.4 Å². The second kappa shape index (κ2) is 5.86. The molecule has 100 valence electrons. The summed E-state index contributed by atoms with van der Waals surface area (Å²) < 4.78 is 4.92. The molecule has 0 aromatic rings. The van der Waals surface area contributed by atoms with E-state index in [0.29, 0.717) is 6.42 Å². The second-order valence-electron chi connectivity index (χ2n) is 4.99. The summed E-state index contributed by atoms with van der Waals surface area (Å²) in [6.45, 7) is 8.34. The Bertz CT molecular complexity index is 284. The highest BCUT2D eigenvalue weighted by atomic mass is 16.7. The van der Waals surface area contributed by atoms with E-state index in [-0.39, 0.29) is 6.42 Å². The predicted molar refractivity (Wildman–Crippen MR) is 61.4 cm³/mol. The van der Waals surface area contributed by atoms with Gasteiger partial charge in [-0.15, -0.1) is 0 Å². The molecule has 1 amide bonds. The standard InChI is InChI=1S/C11H21NO5/c1-6-7-11(5,8(13)14)17-12-9(15)16-10(2,3)4/h6-7H2,1-5H3,(H,12,15)(H,13,14). The molecule has 0 fully saturated rings. The van der Waals surface area contributed by atoms with Gasteiger partial charge in [0, 0.05) is 0 Å². The minimum atomic E-state index is -1.44. The monoisotopic (exact) mass is 247 g/mol. The predicted octanol–water partition coefficient (Wildman–Crippen LogP) is 2.09. The van der Waals surface area contributed by atoms with Gasteiger partial charge in [-0.2, -0.15) is 5.48 Å². The Morgan fingerprint density at radius 3 is 2.12 bits per heavy atom. The van der Waals surface area contributed by atoms with E-state index in [9.17, 15) is 9.59 Å². The van der Waals surface area contributed by atoms with Gasteiger partial charge in [0.15, 0.2) is 5.60 Å². The molecule has 2 N–H and O–H groups in total. The van der Waals surface area contributed by atoms with Crippen molar-refractivity contribution in [3.8, 4) is 0 Å².